The monoisotopic (exact) mass is 750 g/mol. The minimum absolute atomic E-state index is 0. The van der Waals surface area contributed by atoms with Crippen molar-refractivity contribution >= 4 is 82.5 Å². The molecule has 0 rings (SSSR count). The molecule has 0 aliphatic carbocycles. The Morgan fingerprint density at radius 1 is 0.683 bits per heavy atom. The summed E-state index contributed by atoms with van der Waals surface area (Å²) in [5.41, 5.74) is 0. The molecule has 8 atom stereocenters. The molecule has 0 spiro atoms. The number of Topliss-reactive ketones (excluding diaryl/α,β-unsaturated/α-hetero) is 3. The van der Waals surface area contributed by atoms with Crippen LogP contribution in [0.2, 0.25) is 0 Å². The quantitative estimate of drug-likeness (QED) is 0.135. The van der Waals surface area contributed by atoms with Gasteiger partial charge in [0.15, 0.2) is 0 Å². The Morgan fingerprint density at radius 2 is 0.976 bits per heavy atom. The molecule has 6 radical (unpaired) electrons. The summed E-state index contributed by atoms with van der Waals surface area (Å²) in [6.45, 7) is 12.2. The summed E-state index contributed by atoms with van der Waals surface area (Å²) in [6, 6.07) is 0. The van der Waals surface area contributed by atoms with Crippen LogP contribution in [0.5, 0.6) is 0 Å². The number of methoxy groups -OCH3 is 3. The molecule has 0 bridgehead atoms. The summed E-state index contributed by atoms with van der Waals surface area (Å²) in [7, 11) is 20.9. The second-order valence-corrected chi connectivity index (χ2v) is 14.5. The summed E-state index contributed by atoms with van der Waals surface area (Å²) in [5.74, 6) is 0.106. The first-order valence-corrected chi connectivity index (χ1v) is 17.5. The summed E-state index contributed by atoms with van der Waals surface area (Å²) in [6.07, 6.45) is 2.93. The van der Waals surface area contributed by atoms with E-state index in [-0.39, 0.29) is 108 Å². The summed E-state index contributed by atoms with van der Waals surface area (Å²) in [5, 5.41) is 0. The number of ether oxygens (including phenoxy) is 4. The van der Waals surface area contributed by atoms with Gasteiger partial charge in [-0.05, 0) is 47.5 Å². The minimum Gasteiger partial charge on any atom is -0.462 e. The third-order valence-electron chi connectivity index (χ3n) is 4.41. The smallest absolute Gasteiger partial charge is 0.308 e. The Labute approximate surface area is 289 Å². The fourth-order valence-electron chi connectivity index (χ4n) is 2.35. The summed E-state index contributed by atoms with van der Waals surface area (Å²) >= 11 is 0. The predicted molar refractivity (Wildman–Crippen MR) is 183 cm³/mol. The van der Waals surface area contributed by atoms with E-state index >= 15 is 0 Å². The van der Waals surface area contributed by atoms with E-state index in [1.165, 1.54) is 6.92 Å². The van der Waals surface area contributed by atoms with Gasteiger partial charge in [0.05, 0.1) is 32.3 Å². The van der Waals surface area contributed by atoms with Crippen LogP contribution in [0.25, 0.3) is 0 Å². The molecular formula is C24H55B2O8P5V2. The molecule has 0 saturated heterocycles. The maximum atomic E-state index is 11.3. The second kappa shape index (κ2) is 46.2. The van der Waals surface area contributed by atoms with E-state index in [0.717, 1.165) is 6.42 Å². The molecular weight excluding hydrogens is 695 g/mol. The van der Waals surface area contributed by atoms with Crippen LogP contribution in [-0.4, -0.2) is 84.2 Å². The van der Waals surface area contributed by atoms with Crippen LogP contribution in [0.3, 0.4) is 0 Å². The topological polar surface area (TPSA) is 105 Å². The molecule has 240 valence electrons. The molecule has 8 nitrogen and oxygen atoms in total. The standard InChI is InChI=1S/C11H20O4.C7H14O2.C6H12O2.BH4P3.BH2P.H3P.2V/c1-5-10(6-8(2)12)15-11(13)7-9(3)14-4;1-4-7(9-3)5-6(2)8;1-5(7)4-6(2)8-3;1-4(2)3;1-2;;;/h9-10H,5-7H2,1-4H3;7H,4-5H2,1-3H3;6H,4H2,1-3H3;2-3H2;2H2;1H3;;. The molecule has 0 amide bonds. The van der Waals surface area contributed by atoms with E-state index in [4.69, 9.17) is 26.5 Å². The van der Waals surface area contributed by atoms with Crippen molar-refractivity contribution in [3.63, 3.8) is 0 Å². The van der Waals surface area contributed by atoms with E-state index in [2.05, 4.69) is 25.4 Å². The average molecular weight is 750 g/mol. The normalized spacial score (nSPS) is 11.8. The minimum atomic E-state index is -0.308. The van der Waals surface area contributed by atoms with Gasteiger partial charge in [-0.1, -0.05) is 13.8 Å². The van der Waals surface area contributed by atoms with Crippen molar-refractivity contribution in [1.29, 1.82) is 0 Å². The summed E-state index contributed by atoms with van der Waals surface area (Å²) < 4.78 is 19.9. The zero-order chi connectivity index (χ0) is 31.3. The Hall–Kier alpha value is 1.81. The zero-order valence-electron chi connectivity index (χ0n) is 26.8. The Kier molecular flexibility index (Phi) is 69.6. The number of rotatable bonds is 14. The van der Waals surface area contributed by atoms with Crippen molar-refractivity contribution in [2.75, 3.05) is 21.3 Å². The predicted octanol–water partition coefficient (Wildman–Crippen LogP) is 5.23. The van der Waals surface area contributed by atoms with E-state index in [1.807, 2.05) is 29.9 Å². The molecule has 17 heteroatoms. The van der Waals surface area contributed by atoms with Crippen LogP contribution in [0.1, 0.15) is 87.0 Å². The molecule has 8 unspecified atom stereocenters. The number of carbonyl (C=O) groups excluding carboxylic acids is 4. The van der Waals surface area contributed by atoms with Crippen molar-refractivity contribution in [3.8, 4) is 0 Å². The van der Waals surface area contributed by atoms with Crippen molar-refractivity contribution in [2.24, 2.45) is 0 Å². The number of hydrogen-bond donors (Lipinski definition) is 0. The van der Waals surface area contributed by atoms with Gasteiger partial charge in [0.25, 0.3) is 0 Å². The van der Waals surface area contributed by atoms with Crippen LogP contribution >= 0.6 is 44.1 Å². The molecule has 41 heavy (non-hydrogen) atoms. The van der Waals surface area contributed by atoms with E-state index < -0.39 is 0 Å². The van der Waals surface area contributed by atoms with E-state index in [1.54, 1.807) is 42.1 Å². The van der Waals surface area contributed by atoms with Crippen molar-refractivity contribution < 1.29 is 75.2 Å². The molecule has 0 aliphatic rings. The Morgan fingerprint density at radius 3 is 1.17 bits per heavy atom. The first-order valence-electron chi connectivity index (χ1n) is 12.2. The van der Waals surface area contributed by atoms with Crippen molar-refractivity contribution in [1.82, 2.24) is 0 Å². The Balaban J connectivity index is -0.0000000609. The molecule has 0 N–H and O–H groups in total. The van der Waals surface area contributed by atoms with Crippen LogP contribution in [0.15, 0.2) is 0 Å². The maximum absolute atomic E-state index is 11.3. The van der Waals surface area contributed by atoms with Gasteiger partial charge in [0.2, 0.25) is 0 Å². The number of carbonyl (C=O) groups is 4. The SMILES string of the molecule is CCC(CC(C)=O)OC.CCC(CC(C)=O)OC(=O)CC(C)OC.COC(C)CC(C)=O.P.[B]P.[B]P(P)P.[V].[V]. The molecule has 0 aromatic carbocycles. The third kappa shape index (κ3) is 65.5. The van der Waals surface area contributed by atoms with Gasteiger partial charge in [0, 0.05) is 77.7 Å². The second-order valence-electron chi connectivity index (χ2n) is 8.25. The molecule has 0 heterocycles. The molecule has 0 aromatic heterocycles. The molecule has 0 saturated carbocycles. The number of esters is 1. The average Bonchev–Trinajstić information content (AvgIpc) is 2.82. The zero-order valence-corrected chi connectivity index (χ0v) is 35.3. The van der Waals surface area contributed by atoms with E-state index in [0.29, 0.717) is 25.7 Å². The van der Waals surface area contributed by atoms with E-state index in [9.17, 15) is 19.2 Å². The third-order valence-corrected chi connectivity index (χ3v) is 4.41. The largest absolute Gasteiger partial charge is 0.462 e. The van der Waals surface area contributed by atoms with Gasteiger partial charge >= 0.3 is 5.97 Å². The number of hydrogen-bond acceptors (Lipinski definition) is 8. The first-order chi connectivity index (χ1) is 17.6. The number of ketones is 3. The summed E-state index contributed by atoms with van der Waals surface area (Å²) in [4.78, 5) is 43.0. The maximum Gasteiger partial charge on any atom is 0.308 e. The Bertz CT molecular complexity index is 595. The van der Waals surface area contributed by atoms with Crippen molar-refractivity contribution in [3.05, 3.63) is 0 Å². The van der Waals surface area contributed by atoms with Gasteiger partial charge in [-0.3, -0.25) is 19.2 Å². The van der Waals surface area contributed by atoms with Crippen LogP contribution in [0.4, 0.5) is 0 Å². The van der Waals surface area contributed by atoms with Crippen LogP contribution < -0.4 is 0 Å². The fraction of sp³-hybridized carbons (Fsp3) is 0.833. The van der Waals surface area contributed by atoms with Gasteiger partial charge in [-0.25, -0.2) is 0 Å². The molecule has 0 fully saturated rings. The fourth-order valence-corrected chi connectivity index (χ4v) is 2.35. The van der Waals surface area contributed by atoms with Crippen molar-refractivity contribution in [2.45, 2.75) is 111 Å². The van der Waals surface area contributed by atoms with Gasteiger partial charge in [0.1, 0.15) is 31.0 Å². The van der Waals surface area contributed by atoms with Crippen LogP contribution in [0, 0.1) is 0 Å². The van der Waals surface area contributed by atoms with Gasteiger partial charge < -0.3 is 18.9 Å². The first kappa shape index (κ1) is 61.8. The van der Waals surface area contributed by atoms with Crippen LogP contribution in [-0.2, 0) is 75.2 Å². The van der Waals surface area contributed by atoms with Gasteiger partial charge in [-0.15, -0.1) is 25.0 Å². The molecule has 0 aliphatic heterocycles. The molecule has 0 aromatic rings. The van der Waals surface area contributed by atoms with Gasteiger partial charge in [-0.2, -0.15) is 19.0 Å².